The summed E-state index contributed by atoms with van der Waals surface area (Å²) in [4.78, 5) is 17.1. The van der Waals surface area contributed by atoms with Gasteiger partial charge in [0.2, 0.25) is 0 Å². The summed E-state index contributed by atoms with van der Waals surface area (Å²) in [6.45, 7) is 10.4. The minimum absolute atomic E-state index is 0.00695. The third-order valence-electron chi connectivity index (χ3n) is 5.50. The molecule has 29 heavy (non-hydrogen) atoms. The first-order chi connectivity index (χ1) is 13.7. The molecule has 3 rings (SSSR count). The third kappa shape index (κ3) is 5.37. The first-order valence-electron chi connectivity index (χ1n) is 9.92. The highest BCUT2D eigenvalue weighted by atomic mass is 79.9. The third-order valence-corrected chi connectivity index (χ3v) is 5.96. The van der Waals surface area contributed by atoms with Gasteiger partial charge in [0.25, 0.3) is 5.91 Å². The molecule has 0 aliphatic carbocycles. The summed E-state index contributed by atoms with van der Waals surface area (Å²) < 4.78 is 20.0. The smallest absolute Gasteiger partial charge is 0.260 e. The van der Waals surface area contributed by atoms with Crippen LogP contribution in [0.3, 0.4) is 0 Å². The van der Waals surface area contributed by atoms with Crippen molar-refractivity contribution in [1.29, 1.82) is 0 Å². The van der Waals surface area contributed by atoms with Gasteiger partial charge in [0.1, 0.15) is 11.6 Å². The molecule has 1 aliphatic heterocycles. The molecule has 156 valence electrons. The average molecular weight is 463 g/mol. The normalized spacial score (nSPS) is 20.0. The summed E-state index contributed by atoms with van der Waals surface area (Å²) in [5.74, 6) is 0.562. The number of nitrogens with zero attached hydrogens (tertiary/aromatic N) is 2. The number of hydrogen-bond donors (Lipinski definition) is 0. The molecule has 1 amide bonds. The predicted octanol–water partition coefficient (Wildman–Crippen LogP) is 4.71. The van der Waals surface area contributed by atoms with E-state index in [1.807, 2.05) is 43.0 Å². The van der Waals surface area contributed by atoms with Crippen molar-refractivity contribution in [1.82, 2.24) is 9.80 Å². The quantitative estimate of drug-likeness (QED) is 0.644. The van der Waals surface area contributed by atoms with E-state index in [2.05, 4.69) is 34.7 Å². The SMILES string of the molecule is Cc1cc(Br)cc(C)c1OCC(=O)N1C[C@@H](C)N(Cc2ccc(F)cc2)C[C@@H]1C. The average Bonchev–Trinajstić information content (AvgIpc) is 2.65. The zero-order valence-corrected chi connectivity index (χ0v) is 19.0. The van der Waals surface area contributed by atoms with Crippen molar-refractivity contribution < 1.29 is 13.9 Å². The molecular formula is C23H28BrFN2O2. The van der Waals surface area contributed by atoms with Crippen LogP contribution in [-0.4, -0.2) is 47.5 Å². The molecule has 1 heterocycles. The monoisotopic (exact) mass is 462 g/mol. The lowest BCUT2D eigenvalue weighted by Crippen LogP contribution is -2.58. The number of halogens is 2. The molecule has 0 saturated carbocycles. The molecular weight excluding hydrogens is 435 g/mol. The second-order valence-electron chi connectivity index (χ2n) is 7.96. The van der Waals surface area contributed by atoms with Crippen molar-refractivity contribution in [2.75, 3.05) is 19.7 Å². The Labute approximate surface area is 180 Å². The number of carbonyl (C=O) groups is 1. The van der Waals surface area contributed by atoms with E-state index in [9.17, 15) is 9.18 Å². The number of aryl methyl sites for hydroxylation is 2. The molecule has 4 nitrogen and oxygen atoms in total. The molecule has 2 aromatic rings. The fraction of sp³-hybridized carbons (Fsp3) is 0.435. The van der Waals surface area contributed by atoms with Crippen LogP contribution in [0.1, 0.15) is 30.5 Å². The van der Waals surface area contributed by atoms with Gasteiger partial charge < -0.3 is 9.64 Å². The van der Waals surface area contributed by atoms with Crippen LogP contribution in [0.5, 0.6) is 5.75 Å². The molecule has 6 heteroatoms. The van der Waals surface area contributed by atoms with Crippen LogP contribution < -0.4 is 4.74 Å². The number of carbonyl (C=O) groups excluding carboxylic acids is 1. The Hall–Kier alpha value is -1.92. The van der Waals surface area contributed by atoms with Crippen LogP contribution in [-0.2, 0) is 11.3 Å². The Morgan fingerprint density at radius 3 is 2.34 bits per heavy atom. The Balaban J connectivity index is 1.59. The first kappa shape index (κ1) is 21.8. The van der Waals surface area contributed by atoms with Gasteiger partial charge in [-0.1, -0.05) is 28.1 Å². The van der Waals surface area contributed by atoms with E-state index in [1.54, 1.807) is 0 Å². The maximum absolute atomic E-state index is 13.1. The minimum atomic E-state index is -0.221. The van der Waals surface area contributed by atoms with Crippen LogP contribution >= 0.6 is 15.9 Å². The fourth-order valence-electron chi connectivity index (χ4n) is 3.93. The van der Waals surface area contributed by atoms with Crippen molar-refractivity contribution in [2.45, 2.75) is 46.3 Å². The van der Waals surface area contributed by atoms with Crippen LogP contribution in [0.15, 0.2) is 40.9 Å². The molecule has 1 fully saturated rings. The molecule has 0 unspecified atom stereocenters. The highest BCUT2D eigenvalue weighted by Crippen LogP contribution is 2.27. The lowest BCUT2D eigenvalue weighted by atomic mass is 10.1. The summed E-state index contributed by atoms with van der Waals surface area (Å²) >= 11 is 3.48. The van der Waals surface area contributed by atoms with E-state index in [0.29, 0.717) is 6.54 Å². The molecule has 0 spiro atoms. The van der Waals surface area contributed by atoms with Gasteiger partial charge in [0.15, 0.2) is 6.61 Å². The lowest BCUT2D eigenvalue weighted by molar-refractivity contribution is -0.139. The first-order valence-corrected chi connectivity index (χ1v) is 10.7. The number of piperazine rings is 1. The summed E-state index contributed by atoms with van der Waals surface area (Å²) in [5.41, 5.74) is 3.10. The number of benzene rings is 2. The second kappa shape index (κ2) is 9.26. The molecule has 1 saturated heterocycles. The highest BCUT2D eigenvalue weighted by Gasteiger charge is 2.32. The van der Waals surface area contributed by atoms with Gasteiger partial charge in [-0.3, -0.25) is 9.69 Å². The summed E-state index contributed by atoms with van der Waals surface area (Å²) in [7, 11) is 0. The summed E-state index contributed by atoms with van der Waals surface area (Å²) in [5, 5.41) is 0. The molecule has 0 N–H and O–H groups in total. The predicted molar refractivity (Wildman–Crippen MR) is 117 cm³/mol. The van der Waals surface area contributed by atoms with E-state index >= 15 is 0 Å². The second-order valence-corrected chi connectivity index (χ2v) is 8.87. The van der Waals surface area contributed by atoms with E-state index < -0.39 is 0 Å². The van der Waals surface area contributed by atoms with Crippen molar-refractivity contribution in [3.05, 3.63) is 63.4 Å². The Kier molecular flexibility index (Phi) is 6.96. The van der Waals surface area contributed by atoms with Crippen molar-refractivity contribution in [3.8, 4) is 5.75 Å². The lowest BCUT2D eigenvalue weighted by Gasteiger charge is -2.44. The fourth-order valence-corrected chi connectivity index (χ4v) is 4.62. The molecule has 2 aromatic carbocycles. The van der Waals surface area contributed by atoms with Crippen LogP contribution in [0.2, 0.25) is 0 Å². The zero-order valence-electron chi connectivity index (χ0n) is 17.4. The topological polar surface area (TPSA) is 32.8 Å². The maximum atomic E-state index is 13.1. The van der Waals surface area contributed by atoms with Gasteiger partial charge in [-0.25, -0.2) is 4.39 Å². The summed E-state index contributed by atoms with van der Waals surface area (Å²) in [6.07, 6.45) is 0. The van der Waals surface area contributed by atoms with Gasteiger partial charge in [-0.2, -0.15) is 0 Å². The van der Waals surface area contributed by atoms with E-state index in [4.69, 9.17) is 4.74 Å². The van der Waals surface area contributed by atoms with Crippen LogP contribution in [0.4, 0.5) is 4.39 Å². The number of rotatable bonds is 5. The number of ether oxygens (including phenoxy) is 1. The zero-order chi connectivity index (χ0) is 21.1. The molecule has 1 aliphatic rings. The van der Waals surface area contributed by atoms with E-state index in [0.717, 1.165) is 40.0 Å². The van der Waals surface area contributed by atoms with Gasteiger partial charge in [-0.05, 0) is 68.7 Å². The van der Waals surface area contributed by atoms with Crippen molar-refractivity contribution in [2.24, 2.45) is 0 Å². The Morgan fingerprint density at radius 1 is 1.10 bits per heavy atom. The van der Waals surface area contributed by atoms with Crippen LogP contribution in [0.25, 0.3) is 0 Å². The van der Waals surface area contributed by atoms with E-state index in [1.165, 1.54) is 12.1 Å². The Bertz CT molecular complexity index is 849. The summed E-state index contributed by atoms with van der Waals surface area (Å²) in [6, 6.07) is 10.9. The molecule has 0 bridgehead atoms. The van der Waals surface area contributed by atoms with Crippen molar-refractivity contribution in [3.63, 3.8) is 0 Å². The largest absolute Gasteiger partial charge is 0.483 e. The maximum Gasteiger partial charge on any atom is 0.260 e. The molecule has 0 aromatic heterocycles. The molecule has 0 radical (unpaired) electrons. The standard InChI is InChI=1S/C23H28BrFN2O2/c1-15-9-20(24)10-16(2)23(15)29-14-22(28)27-12-17(3)26(11-18(27)4)13-19-5-7-21(25)8-6-19/h5-10,17-18H,11-14H2,1-4H3/t17-,18+/m1/s1. The van der Waals surface area contributed by atoms with E-state index in [-0.39, 0.29) is 30.4 Å². The van der Waals surface area contributed by atoms with Gasteiger partial charge in [0.05, 0.1) is 0 Å². The van der Waals surface area contributed by atoms with Crippen molar-refractivity contribution >= 4 is 21.8 Å². The molecule has 2 atom stereocenters. The van der Waals surface area contributed by atoms with Gasteiger partial charge in [0, 0.05) is 36.2 Å². The highest BCUT2D eigenvalue weighted by molar-refractivity contribution is 9.10. The minimum Gasteiger partial charge on any atom is -0.483 e. The number of amides is 1. The Morgan fingerprint density at radius 2 is 1.72 bits per heavy atom. The van der Waals surface area contributed by atoms with Gasteiger partial charge in [-0.15, -0.1) is 0 Å². The van der Waals surface area contributed by atoms with Crippen LogP contribution in [0, 0.1) is 19.7 Å². The van der Waals surface area contributed by atoms with Gasteiger partial charge >= 0.3 is 0 Å². The number of hydrogen-bond acceptors (Lipinski definition) is 3.